The first-order valence-corrected chi connectivity index (χ1v) is 11.9. The van der Waals surface area contributed by atoms with Crippen LogP contribution in [0, 0.1) is 0 Å². The summed E-state index contributed by atoms with van der Waals surface area (Å²) in [5.74, 6) is -0.294. The van der Waals surface area contributed by atoms with Crippen LogP contribution in [0.5, 0.6) is 0 Å². The van der Waals surface area contributed by atoms with E-state index in [0.29, 0.717) is 28.0 Å². The number of rotatable bonds is 6. The Bertz CT molecular complexity index is 1420. The summed E-state index contributed by atoms with van der Waals surface area (Å²) >= 11 is 1.53. The van der Waals surface area contributed by atoms with E-state index in [9.17, 15) is 18.0 Å². The third-order valence-corrected chi connectivity index (χ3v) is 6.73. The molecule has 1 heterocycles. The highest BCUT2D eigenvalue weighted by Gasteiger charge is 2.16. The van der Waals surface area contributed by atoms with Crippen molar-refractivity contribution in [3.63, 3.8) is 0 Å². The van der Waals surface area contributed by atoms with E-state index in [0.717, 1.165) is 4.90 Å². The highest BCUT2D eigenvalue weighted by molar-refractivity contribution is 7.98. The van der Waals surface area contributed by atoms with Crippen molar-refractivity contribution < 1.29 is 13.2 Å². The molecule has 0 aliphatic rings. The maximum absolute atomic E-state index is 12.7. The number of nitrogens with one attached hydrogen (secondary N) is 4. The number of imidazole rings is 1. The average molecular weight is 455 g/mol. The zero-order valence-corrected chi connectivity index (χ0v) is 17.9. The number of aromatic nitrogens is 2. The zero-order valence-electron chi connectivity index (χ0n) is 16.3. The van der Waals surface area contributed by atoms with Gasteiger partial charge in [-0.1, -0.05) is 12.1 Å². The normalized spacial score (nSPS) is 11.4. The van der Waals surface area contributed by atoms with Gasteiger partial charge in [0, 0.05) is 16.1 Å². The van der Waals surface area contributed by atoms with Crippen molar-refractivity contribution in [3.05, 3.63) is 82.8 Å². The number of sulfonamides is 1. The average Bonchev–Trinajstić information content (AvgIpc) is 3.13. The number of anilines is 2. The van der Waals surface area contributed by atoms with E-state index in [1.807, 2.05) is 30.5 Å². The molecule has 0 spiro atoms. The van der Waals surface area contributed by atoms with Crippen LogP contribution in [-0.2, 0) is 10.0 Å². The molecule has 0 unspecified atom stereocenters. The lowest BCUT2D eigenvalue weighted by Crippen LogP contribution is -2.14. The first-order valence-electron chi connectivity index (χ1n) is 9.15. The maximum atomic E-state index is 12.7. The quantitative estimate of drug-likeness (QED) is 0.331. The molecule has 4 aromatic rings. The topological polar surface area (TPSA) is 124 Å². The van der Waals surface area contributed by atoms with Crippen LogP contribution in [0.15, 0.2) is 81.3 Å². The molecule has 0 saturated carbocycles. The predicted octanol–water partition coefficient (Wildman–Crippen LogP) is 3.63. The van der Waals surface area contributed by atoms with E-state index in [-0.39, 0.29) is 10.8 Å². The molecular formula is C21H18N4O4S2. The standard InChI is InChI=1S/C21H18N4O4S2/c1-30-19-5-3-2-4-17(19)22-20(26)13-6-8-14(9-7-13)25-31(28,29)15-10-11-16-18(12-15)24-21(27)23-16/h2-12,25H,1H3,(H,22,26)(H2,23,24,27). The Labute approximate surface area is 182 Å². The summed E-state index contributed by atoms with van der Waals surface area (Å²) in [6.07, 6.45) is 1.93. The van der Waals surface area contributed by atoms with E-state index < -0.39 is 15.7 Å². The summed E-state index contributed by atoms with van der Waals surface area (Å²) in [6, 6.07) is 17.9. The highest BCUT2D eigenvalue weighted by atomic mass is 32.2. The first-order chi connectivity index (χ1) is 14.9. The number of hydrogen-bond acceptors (Lipinski definition) is 5. The summed E-state index contributed by atoms with van der Waals surface area (Å²) in [7, 11) is -3.88. The van der Waals surface area contributed by atoms with Gasteiger partial charge < -0.3 is 15.3 Å². The molecule has 0 aliphatic carbocycles. The van der Waals surface area contributed by atoms with Crippen molar-refractivity contribution in [2.24, 2.45) is 0 Å². The number of hydrogen-bond donors (Lipinski definition) is 4. The molecule has 158 valence electrons. The number of benzene rings is 3. The van der Waals surface area contributed by atoms with Crippen LogP contribution in [0.4, 0.5) is 11.4 Å². The van der Waals surface area contributed by atoms with Gasteiger partial charge in [-0.05, 0) is 60.9 Å². The van der Waals surface area contributed by atoms with Crippen LogP contribution in [0.2, 0.25) is 0 Å². The van der Waals surface area contributed by atoms with Crippen LogP contribution in [-0.4, -0.2) is 30.5 Å². The Balaban J connectivity index is 1.50. The van der Waals surface area contributed by atoms with Gasteiger partial charge >= 0.3 is 5.69 Å². The summed E-state index contributed by atoms with van der Waals surface area (Å²) in [5.41, 5.74) is 1.91. The van der Waals surface area contributed by atoms with Gasteiger partial charge in [0.25, 0.3) is 15.9 Å². The second kappa shape index (κ2) is 8.32. The molecular weight excluding hydrogens is 436 g/mol. The van der Waals surface area contributed by atoms with Gasteiger partial charge in [0.15, 0.2) is 0 Å². The highest BCUT2D eigenvalue weighted by Crippen LogP contribution is 2.25. The third-order valence-electron chi connectivity index (χ3n) is 4.55. The smallest absolute Gasteiger partial charge is 0.321 e. The van der Waals surface area contributed by atoms with Crippen LogP contribution in [0.1, 0.15) is 10.4 Å². The molecule has 0 saturated heterocycles. The van der Waals surface area contributed by atoms with Crippen molar-refractivity contribution in [2.75, 3.05) is 16.3 Å². The molecule has 10 heteroatoms. The summed E-state index contributed by atoms with van der Waals surface area (Å²) < 4.78 is 27.9. The van der Waals surface area contributed by atoms with Crippen LogP contribution >= 0.6 is 11.8 Å². The molecule has 31 heavy (non-hydrogen) atoms. The summed E-state index contributed by atoms with van der Waals surface area (Å²) in [4.78, 5) is 30.0. The van der Waals surface area contributed by atoms with Gasteiger partial charge in [0.1, 0.15) is 0 Å². The molecule has 3 aromatic carbocycles. The number of amides is 1. The second-order valence-corrected chi connectivity index (χ2v) is 9.15. The van der Waals surface area contributed by atoms with E-state index in [2.05, 4.69) is 20.0 Å². The monoisotopic (exact) mass is 454 g/mol. The summed E-state index contributed by atoms with van der Waals surface area (Å²) in [5, 5.41) is 2.86. The fourth-order valence-corrected chi connectivity index (χ4v) is 4.66. The molecule has 0 fully saturated rings. The molecule has 0 radical (unpaired) electrons. The Hall–Kier alpha value is -3.50. The van der Waals surface area contributed by atoms with Crippen LogP contribution < -0.4 is 15.7 Å². The van der Waals surface area contributed by atoms with Gasteiger partial charge in [-0.25, -0.2) is 13.2 Å². The Morgan fingerprint density at radius 2 is 1.65 bits per heavy atom. The lowest BCUT2D eigenvalue weighted by molar-refractivity contribution is 0.102. The first kappa shape index (κ1) is 20.8. The third kappa shape index (κ3) is 4.49. The van der Waals surface area contributed by atoms with Gasteiger partial charge in [-0.15, -0.1) is 11.8 Å². The minimum absolute atomic E-state index is 0.00532. The number of thioether (sulfide) groups is 1. The van der Waals surface area contributed by atoms with E-state index in [1.165, 1.54) is 42.1 Å². The molecule has 0 bridgehead atoms. The van der Waals surface area contributed by atoms with Crippen LogP contribution in [0.3, 0.4) is 0 Å². The molecule has 8 nitrogen and oxygen atoms in total. The molecule has 1 amide bonds. The lowest BCUT2D eigenvalue weighted by Gasteiger charge is -2.11. The number of carbonyl (C=O) groups excluding carboxylic acids is 1. The Kier molecular flexibility index (Phi) is 5.57. The fourth-order valence-electron chi connectivity index (χ4n) is 3.02. The van der Waals surface area contributed by atoms with Crippen molar-refractivity contribution >= 4 is 50.1 Å². The Morgan fingerprint density at radius 3 is 2.39 bits per heavy atom. The zero-order chi connectivity index (χ0) is 22.0. The van der Waals surface area contributed by atoms with Crippen molar-refractivity contribution in [1.82, 2.24) is 9.97 Å². The van der Waals surface area contributed by atoms with E-state index in [1.54, 1.807) is 12.1 Å². The summed E-state index contributed by atoms with van der Waals surface area (Å²) in [6.45, 7) is 0. The van der Waals surface area contributed by atoms with E-state index >= 15 is 0 Å². The van der Waals surface area contributed by atoms with E-state index in [4.69, 9.17) is 0 Å². The maximum Gasteiger partial charge on any atom is 0.323 e. The number of fused-ring (bicyclic) bond motifs is 1. The number of para-hydroxylation sites is 1. The van der Waals surface area contributed by atoms with Crippen molar-refractivity contribution in [3.8, 4) is 0 Å². The van der Waals surface area contributed by atoms with Crippen molar-refractivity contribution in [1.29, 1.82) is 0 Å². The minimum Gasteiger partial charge on any atom is -0.321 e. The van der Waals surface area contributed by atoms with Gasteiger partial charge in [-0.2, -0.15) is 0 Å². The van der Waals surface area contributed by atoms with Gasteiger partial charge in [-0.3, -0.25) is 9.52 Å². The molecule has 1 aromatic heterocycles. The van der Waals surface area contributed by atoms with Crippen LogP contribution in [0.25, 0.3) is 11.0 Å². The molecule has 4 rings (SSSR count). The predicted molar refractivity (Wildman–Crippen MR) is 122 cm³/mol. The van der Waals surface area contributed by atoms with Gasteiger partial charge in [0.05, 0.1) is 21.6 Å². The number of H-pyrrole nitrogens is 2. The second-order valence-electron chi connectivity index (χ2n) is 6.62. The molecule has 0 atom stereocenters. The van der Waals surface area contributed by atoms with Gasteiger partial charge in [0.2, 0.25) is 0 Å². The Morgan fingerprint density at radius 1 is 0.935 bits per heavy atom. The lowest BCUT2D eigenvalue weighted by atomic mass is 10.2. The minimum atomic E-state index is -3.88. The fraction of sp³-hybridized carbons (Fsp3) is 0.0476. The largest absolute Gasteiger partial charge is 0.323 e. The van der Waals surface area contributed by atoms with Crippen molar-refractivity contribution in [2.45, 2.75) is 9.79 Å². The number of carbonyl (C=O) groups is 1. The number of aromatic amines is 2. The SMILES string of the molecule is CSc1ccccc1NC(=O)c1ccc(NS(=O)(=O)c2ccc3[nH]c(=O)[nH]c3c2)cc1. The molecule has 4 N–H and O–H groups in total. The molecule has 0 aliphatic heterocycles.